The average Bonchev–Trinajstić information content (AvgIpc) is 3.02. The summed E-state index contributed by atoms with van der Waals surface area (Å²) in [5, 5.41) is 13.8. The number of carbonyl (C=O) groups is 1. The van der Waals surface area contributed by atoms with Gasteiger partial charge in [-0.1, -0.05) is 17.7 Å². The van der Waals surface area contributed by atoms with Gasteiger partial charge in [0.15, 0.2) is 0 Å². The third-order valence-corrected chi connectivity index (χ3v) is 5.21. The molecule has 1 fully saturated rings. The monoisotopic (exact) mass is 387 g/mol. The Kier molecular flexibility index (Phi) is 5.20. The number of hydrogen-bond donors (Lipinski definition) is 2. The number of benzene rings is 2. The topological polar surface area (TPSA) is 65.0 Å². The number of amides is 1. The third kappa shape index (κ3) is 4.35. The second-order valence-electron chi connectivity index (χ2n) is 6.88. The van der Waals surface area contributed by atoms with Crippen molar-refractivity contribution in [3.63, 3.8) is 0 Å². The molecule has 0 aromatic heterocycles. The van der Waals surface area contributed by atoms with Crippen molar-refractivity contribution in [3.8, 4) is 5.75 Å². The summed E-state index contributed by atoms with van der Waals surface area (Å²) in [6.07, 6.45) is -0.516. The number of nitrogens with zero attached hydrogens (tertiary/aromatic N) is 2. The summed E-state index contributed by atoms with van der Waals surface area (Å²) in [4.78, 5) is 15.9. The molecule has 0 unspecified atom stereocenters. The van der Waals surface area contributed by atoms with Gasteiger partial charge in [0, 0.05) is 48.6 Å². The van der Waals surface area contributed by atoms with Gasteiger partial charge in [0.2, 0.25) is 12.2 Å². The quantitative estimate of drug-likeness (QED) is 0.771. The van der Waals surface area contributed by atoms with Gasteiger partial charge >= 0.3 is 0 Å². The molecule has 2 aliphatic rings. The molecule has 6 nitrogen and oxygen atoms in total. The maximum atomic E-state index is 11.4. The number of anilines is 2. The van der Waals surface area contributed by atoms with Crippen molar-refractivity contribution < 1.29 is 14.6 Å². The summed E-state index contributed by atoms with van der Waals surface area (Å²) in [6.45, 7) is 3.92. The summed E-state index contributed by atoms with van der Waals surface area (Å²) in [7, 11) is 0. The van der Waals surface area contributed by atoms with Gasteiger partial charge < -0.3 is 20.1 Å². The molecular formula is C20H22ClN3O3. The normalized spacial score (nSPS) is 18.1. The first kappa shape index (κ1) is 18.1. The molecule has 0 aliphatic carbocycles. The van der Waals surface area contributed by atoms with E-state index in [2.05, 4.69) is 15.1 Å². The zero-order chi connectivity index (χ0) is 18.8. The fourth-order valence-electron chi connectivity index (χ4n) is 3.52. The maximum absolute atomic E-state index is 11.4. The fourth-order valence-corrected chi connectivity index (χ4v) is 3.65. The van der Waals surface area contributed by atoms with Crippen molar-refractivity contribution in [1.29, 1.82) is 0 Å². The lowest BCUT2D eigenvalue weighted by Crippen LogP contribution is -2.49. The average molecular weight is 388 g/mol. The van der Waals surface area contributed by atoms with Gasteiger partial charge in [0.05, 0.1) is 13.0 Å². The van der Waals surface area contributed by atoms with Crippen molar-refractivity contribution in [1.82, 2.24) is 4.90 Å². The number of ether oxygens (including phenoxy) is 1. The Labute approximate surface area is 163 Å². The van der Waals surface area contributed by atoms with E-state index in [9.17, 15) is 9.90 Å². The number of hydrogen-bond acceptors (Lipinski definition) is 5. The van der Waals surface area contributed by atoms with Crippen molar-refractivity contribution in [2.24, 2.45) is 0 Å². The highest BCUT2D eigenvalue weighted by molar-refractivity contribution is 6.30. The molecule has 142 valence electrons. The highest BCUT2D eigenvalue weighted by Gasteiger charge is 2.21. The summed E-state index contributed by atoms with van der Waals surface area (Å²) in [6, 6.07) is 13.3. The van der Waals surface area contributed by atoms with E-state index in [0.717, 1.165) is 48.1 Å². The number of β-amino-alcohol motifs (C(OH)–C–C–N with tert-alkyl or cyclic N) is 1. The Morgan fingerprint density at radius 2 is 1.85 bits per heavy atom. The number of nitrogens with one attached hydrogen (secondary N) is 1. The zero-order valence-corrected chi connectivity index (χ0v) is 15.7. The smallest absolute Gasteiger partial charge is 0.228 e. The van der Waals surface area contributed by atoms with Gasteiger partial charge in [-0.15, -0.1) is 0 Å². The standard InChI is InChI=1S/C20H22ClN3O3/c21-15-2-4-16(5-3-15)24-9-7-23(8-10-24)13-20(26)27-17-6-1-14-11-19(25)22-18(14)12-17/h1-6,12,20,26H,7-11,13H2,(H,22,25)/t20-/m1/s1. The van der Waals surface area contributed by atoms with Crippen LogP contribution < -0.4 is 15.0 Å². The first-order chi connectivity index (χ1) is 13.1. The number of aliphatic hydroxyl groups is 1. The predicted molar refractivity (Wildman–Crippen MR) is 106 cm³/mol. The van der Waals surface area contributed by atoms with Crippen LogP contribution in [-0.4, -0.2) is 54.9 Å². The van der Waals surface area contributed by atoms with E-state index >= 15 is 0 Å². The molecule has 27 heavy (non-hydrogen) atoms. The first-order valence-electron chi connectivity index (χ1n) is 9.07. The van der Waals surface area contributed by atoms with E-state index < -0.39 is 6.29 Å². The van der Waals surface area contributed by atoms with Crippen LogP contribution in [0, 0.1) is 0 Å². The molecule has 2 aromatic carbocycles. The number of piperazine rings is 1. The molecule has 2 aromatic rings. The molecule has 7 heteroatoms. The largest absolute Gasteiger partial charge is 0.464 e. The van der Waals surface area contributed by atoms with Gasteiger partial charge in [0.25, 0.3) is 0 Å². The summed E-state index contributed by atoms with van der Waals surface area (Å²) >= 11 is 5.95. The third-order valence-electron chi connectivity index (χ3n) is 4.96. The minimum atomic E-state index is -0.915. The van der Waals surface area contributed by atoms with Gasteiger partial charge in [-0.2, -0.15) is 0 Å². The molecule has 2 heterocycles. The zero-order valence-electron chi connectivity index (χ0n) is 14.9. The van der Waals surface area contributed by atoms with Gasteiger partial charge in [-0.05, 0) is 35.9 Å². The minimum absolute atomic E-state index is 0.0127. The van der Waals surface area contributed by atoms with Crippen molar-refractivity contribution in [3.05, 3.63) is 53.1 Å². The van der Waals surface area contributed by atoms with E-state index in [0.29, 0.717) is 18.7 Å². The van der Waals surface area contributed by atoms with Crippen molar-refractivity contribution in [2.75, 3.05) is 42.9 Å². The summed E-state index contributed by atoms with van der Waals surface area (Å²) in [5.41, 5.74) is 2.89. The molecule has 1 amide bonds. The number of aliphatic hydroxyl groups excluding tert-OH is 1. The Balaban J connectivity index is 1.27. The van der Waals surface area contributed by atoms with Crippen LogP contribution in [0.15, 0.2) is 42.5 Å². The van der Waals surface area contributed by atoms with Crippen LogP contribution in [0.4, 0.5) is 11.4 Å². The first-order valence-corrected chi connectivity index (χ1v) is 9.45. The number of halogens is 1. The SMILES string of the molecule is O=C1Cc2ccc(O[C@@H](O)CN3CCN(c4ccc(Cl)cc4)CC3)cc2N1. The lowest BCUT2D eigenvalue weighted by molar-refractivity contribution is -0.115. The summed E-state index contributed by atoms with van der Waals surface area (Å²) < 4.78 is 5.64. The Bertz CT molecular complexity index is 820. The fraction of sp³-hybridized carbons (Fsp3) is 0.350. The van der Waals surface area contributed by atoms with Crippen LogP contribution in [-0.2, 0) is 11.2 Å². The highest BCUT2D eigenvalue weighted by atomic mass is 35.5. The van der Waals surface area contributed by atoms with Crippen LogP contribution in [0.3, 0.4) is 0 Å². The Morgan fingerprint density at radius 1 is 1.11 bits per heavy atom. The maximum Gasteiger partial charge on any atom is 0.228 e. The van der Waals surface area contributed by atoms with Gasteiger partial charge in [-0.25, -0.2) is 0 Å². The molecule has 0 saturated carbocycles. The highest BCUT2D eigenvalue weighted by Crippen LogP contribution is 2.28. The lowest BCUT2D eigenvalue weighted by atomic mass is 10.1. The van der Waals surface area contributed by atoms with Crippen LogP contribution in [0.2, 0.25) is 5.02 Å². The molecule has 0 radical (unpaired) electrons. The molecule has 2 aliphatic heterocycles. The van der Waals surface area contributed by atoms with E-state index in [-0.39, 0.29) is 5.91 Å². The van der Waals surface area contributed by atoms with E-state index in [1.54, 1.807) is 12.1 Å². The molecule has 1 saturated heterocycles. The van der Waals surface area contributed by atoms with E-state index in [1.807, 2.05) is 30.3 Å². The van der Waals surface area contributed by atoms with Crippen LogP contribution in [0.1, 0.15) is 5.56 Å². The molecule has 0 spiro atoms. The number of fused-ring (bicyclic) bond motifs is 1. The van der Waals surface area contributed by atoms with Crippen LogP contribution >= 0.6 is 11.6 Å². The van der Waals surface area contributed by atoms with E-state index in [1.165, 1.54) is 0 Å². The molecule has 2 N–H and O–H groups in total. The molecular weight excluding hydrogens is 366 g/mol. The van der Waals surface area contributed by atoms with Crippen LogP contribution in [0.5, 0.6) is 5.75 Å². The van der Waals surface area contributed by atoms with E-state index in [4.69, 9.17) is 16.3 Å². The van der Waals surface area contributed by atoms with Crippen LogP contribution in [0.25, 0.3) is 0 Å². The number of rotatable bonds is 5. The predicted octanol–water partition coefficient (Wildman–Crippen LogP) is 2.35. The second kappa shape index (κ2) is 7.76. The molecule has 1 atom stereocenters. The summed E-state index contributed by atoms with van der Waals surface area (Å²) in [5.74, 6) is 0.546. The second-order valence-corrected chi connectivity index (χ2v) is 7.32. The van der Waals surface area contributed by atoms with Gasteiger partial charge in [-0.3, -0.25) is 9.69 Å². The molecule has 4 rings (SSSR count). The number of carbonyl (C=O) groups excluding carboxylic acids is 1. The lowest BCUT2D eigenvalue weighted by Gasteiger charge is -2.36. The minimum Gasteiger partial charge on any atom is -0.464 e. The van der Waals surface area contributed by atoms with Crippen molar-refractivity contribution in [2.45, 2.75) is 12.7 Å². The Morgan fingerprint density at radius 3 is 2.59 bits per heavy atom. The van der Waals surface area contributed by atoms with Crippen molar-refractivity contribution >= 4 is 28.9 Å². The van der Waals surface area contributed by atoms with Gasteiger partial charge in [0.1, 0.15) is 5.75 Å². The Hall–Kier alpha value is -2.28. The molecule has 0 bridgehead atoms.